The zero-order valence-corrected chi connectivity index (χ0v) is 35.6. The van der Waals surface area contributed by atoms with Crippen LogP contribution in [0.2, 0.25) is 12.6 Å². The zero-order chi connectivity index (χ0) is 45.6. The molecule has 0 aromatic heterocycles. The maximum Gasteiger partial charge on any atom is 0.409 e. The molecule has 20 heteroatoms. The normalized spacial score (nSPS) is 11.0. The molecule has 0 unspecified atom stereocenters. The number of carbonyl (C=O) groups excluding carboxylic acids is 8. The molecule has 0 aliphatic carbocycles. The van der Waals surface area contributed by atoms with Gasteiger partial charge in [0, 0.05) is 62.8 Å². The van der Waals surface area contributed by atoms with Crippen molar-refractivity contribution in [3.05, 3.63) is 75.9 Å². The summed E-state index contributed by atoms with van der Waals surface area (Å²) in [5.74, 6) is -6.17. The molecule has 0 rings (SSSR count). The van der Waals surface area contributed by atoms with E-state index in [1.807, 2.05) is 20.4 Å². The minimum Gasteiger partial charge on any atom is -0.465 e. The van der Waals surface area contributed by atoms with E-state index in [9.17, 15) is 38.4 Å². The molecule has 0 N–H and O–H groups in total. The standard InChI is InChI=1S/C40H57NO18Si/c1-10-31(42)50-23-39(24-51-32(43)11-2,25-52-33(44)12-3)29-56-37(48)19-21-41(20-18-22-60(9,58-16-7)59-17-8)38(49)57-30-40(26-53-34(45)13-4,27-54-35(46)14-5)28-55-36(47)15-6/h10-15H,1-6,16-30H2,7-9H3. The third kappa shape index (κ3) is 22.3. The van der Waals surface area contributed by atoms with Gasteiger partial charge in [-0.25, -0.2) is 33.6 Å². The molecule has 0 radical (unpaired) electrons. The maximum absolute atomic E-state index is 13.8. The van der Waals surface area contributed by atoms with E-state index < -0.39 is 127 Å². The fourth-order valence-corrected chi connectivity index (χ4v) is 7.11. The summed E-state index contributed by atoms with van der Waals surface area (Å²) >= 11 is 0. The lowest BCUT2D eigenvalue weighted by atomic mass is 9.92. The minimum atomic E-state index is -2.68. The number of esters is 7. The van der Waals surface area contributed by atoms with Crippen LogP contribution in [0.4, 0.5) is 4.79 Å². The van der Waals surface area contributed by atoms with Crippen molar-refractivity contribution in [2.75, 3.05) is 79.2 Å². The largest absolute Gasteiger partial charge is 0.465 e. The summed E-state index contributed by atoms with van der Waals surface area (Å²) in [6, 6.07) is 0.429. The summed E-state index contributed by atoms with van der Waals surface area (Å²) in [5, 5.41) is 0. The molecule has 0 aromatic carbocycles. The van der Waals surface area contributed by atoms with Crippen LogP contribution in [0.5, 0.6) is 0 Å². The first kappa shape index (κ1) is 54.1. The fraction of sp³-hybridized carbons (Fsp3) is 0.500. The van der Waals surface area contributed by atoms with Crippen LogP contribution in [0.25, 0.3) is 0 Å². The highest BCUT2D eigenvalue weighted by atomic mass is 28.4. The fourth-order valence-electron chi connectivity index (χ4n) is 4.72. The molecule has 19 nitrogen and oxygen atoms in total. The van der Waals surface area contributed by atoms with E-state index in [0.717, 1.165) is 36.5 Å². The van der Waals surface area contributed by atoms with E-state index in [2.05, 4.69) is 39.5 Å². The topological polar surface area (TPSA) is 232 Å². The van der Waals surface area contributed by atoms with Crippen molar-refractivity contribution >= 4 is 56.4 Å². The van der Waals surface area contributed by atoms with Gasteiger partial charge in [-0.05, 0) is 32.9 Å². The van der Waals surface area contributed by atoms with Gasteiger partial charge in [-0.15, -0.1) is 0 Å². The summed E-state index contributed by atoms with van der Waals surface area (Å²) in [6.45, 7) is 21.3. The van der Waals surface area contributed by atoms with Crippen LogP contribution in [0.1, 0.15) is 26.7 Å². The molecule has 1 amide bonds. The van der Waals surface area contributed by atoms with E-state index in [1.165, 1.54) is 4.90 Å². The van der Waals surface area contributed by atoms with Crippen LogP contribution >= 0.6 is 0 Å². The summed E-state index contributed by atoms with van der Waals surface area (Å²) < 4.78 is 54.0. The van der Waals surface area contributed by atoms with Crippen LogP contribution in [0.15, 0.2) is 75.9 Å². The van der Waals surface area contributed by atoms with Gasteiger partial charge < -0.3 is 51.6 Å². The SMILES string of the molecule is C=CC(=O)OCC(COC(=O)C=C)(COC(=O)C=C)COC(=O)CCN(CCC[Si](C)(OCC)OCC)C(=O)OCC(COC(=O)C=C)(COC(=O)C=C)COC(=O)C=C. The second-order valence-corrected chi connectivity index (χ2v) is 16.3. The quantitative estimate of drug-likeness (QED) is 0.0399. The molecular formula is C40H57NO18Si. The summed E-state index contributed by atoms with van der Waals surface area (Å²) in [7, 11) is -2.68. The highest BCUT2D eigenvalue weighted by Crippen LogP contribution is 2.24. The van der Waals surface area contributed by atoms with Crippen molar-refractivity contribution in [2.45, 2.75) is 39.3 Å². The Morgan fingerprint density at radius 3 is 1.08 bits per heavy atom. The lowest BCUT2D eigenvalue weighted by Gasteiger charge is -2.32. The average molecular weight is 868 g/mol. The van der Waals surface area contributed by atoms with Crippen LogP contribution < -0.4 is 0 Å². The Kier molecular flexibility index (Phi) is 26.5. The molecule has 334 valence electrons. The highest BCUT2D eigenvalue weighted by Gasteiger charge is 2.40. The first-order valence-corrected chi connectivity index (χ1v) is 21.1. The molecule has 0 aromatic rings. The van der Waals surface area contributed by atoms with Gasteiger partial charge in [0.25, 0.3) is 0 Å². The molecule has 0 fully saturated rings. The van der Waals surface area contributed by atoms with Crippen molar-refractivity contribution in [3.8, 4) is 0 Å². The Labute approximate surface area is 351 Å². The maximum atomic E-state index is 13.8. The molecule has 0 heterocycles. The number of nitrogens with zero attached hydrogens (tertiary/aromatic N) is 1. The third-order valence-corrected chi connectivity index (χ3v) is 11.0. The lowest BCUT2D eigenvalue weighted by Crippen LogP contribution is -2.46. The third-order valence-electron chi connectivity index (χ3n) is 7.97. The van der Waals surface area contributed by atoms with Crippen molar-refractivity contribution in [2.24, 2.45) is 10.8 Å². The van der Waals surface area contributed by atoms with Gasteiger partial charge in [-0.3, -0.25) is 4.79 Å². The lowest BCUT2D eigenvalue weighted by molar-refractivity contribution is -0.166. The Morgan fingerprint density at radius 1 is 0.483 bits per heavy atom. The van der Waals surface area contributed by atoms with E-state index in [0.29, 0.717) is 25.7 Å². The number of rotatable bonds is 33. The van der Waals surface area contributed by atoms with Crippen molar-refractivity contribution in [1.82, 2.24) is 4.90 Å². The van der Waals surface area contributed by atoms with Gasteiger partial charge in [0.05, 0.1) is 6.42 Å². The van der Waals surface area contributed by atoms with E-state index in [4.69, 9.17) is 46.7 Å². The van der Waals surface area contributed by atoms with Crippen LogP contribution in [-0.4, -0.2) is 140 Å². The highest BCUT2D eigenvalue weighted by molar-refractivity contribution is 6.66. The van der Waals surface area contributed by atoms with Crippen molar-refractivity contribution in [1.29, 1.82) is 0 Å². The minimum absolute atomic E-state index is 0.000649. The monoisotopic (exact) mass is 867 g/mol. The van der Waals surface area contributed by atoms with Crippen LogP contribution in [0.3, 0.4) is 0 Å². The number of hydrogen-bond donors (Lipinski definition) is 0. The van der Waals surface area contributed by atoms with Gasteiger partial charge in [0.15, 0.2) is 0 Å². The first-order valence-electron chi connectivity index (χ1n) is 18.5. The predicted molar refractivity (Wildman–Crippen MR) is 215 cm³/mol. The molecule has 0 bridgehead atoms. The first-order chi connectivity index (χ1) is 28.4. The molecule has 0 aliphatic heterocycles. The van der Waals surface area contributed by atoms with Gasteiger partial charge in [-0.1, -0.05) is 39.5 Å². The second kappa shape index (κ2) is 29.4. The Morgan fingerprint density at radius 2 is 0.783 bits per heavy atom. The molecular weight excluding hydrogens is 811 g/mol. The number of carbonyl (C=O) groups is 8. The molecule has 0 atom stereocenters. The van der Waals surface area contributed by atoms with Gasteiger partial charge in [-0.2, -0.15) is 0 Å². The van der Waals surface area contributed by atoms with E-state index >= 15 is 0 Å². The van der Waals surface area contributed by atoms with Crippen molar-refractivity contribution in [3.63, 3.8) is 0 Å². The van der Waals surface area contributed by atoms with Crippen molar-refractivity contribution < 1.29 is 85.1 Å². The van der Waals surface area contributed by atoms with Gasteiger partial charge in [0.1, 0.15) is 63.7 Å². The summed E-state index contributed by atoms with van der Waals surface area (Å²) in [6.07, 6.45) is 4.08. The summed E-state index contributed by atoms with van der Waals surface area (Å²) in [4.78, 5) is 100. The number of hydrogen-bond acceptors (Lipinski definition) is 18. The Bertz CT molecular complexity index is 1420. The second-order valence-electron chi connectivity index (χ2n) is 12.9. The number of amides is 1. The molecule has 0 aliphatic rings. The Balaban J connectivity index is 6.57. The smallest absolute Gasteiger partial charge is 0.409 e. The molecule has 0 spiro atoms. The van der Waals surface area contributed by atoms with Gasteiger partial charge >= 0.3 is 56.4 Å². The van der Waals surface area contributed by atoms with Crippen LogP contribution in [-0.2, 0) is 80.3 Å². The van der Waals surface area contributed by atoms with Gasteiger partial charge in [0.2, 0.25) is 0 Å². The predicted octanol–water partition coefficient (Wildman–Crippen LogP) is 3.24. The molecule has 60 heavy (non-hydrogen) atoms. The zero-order valence-electron chi connectivity index (χ0n) is 34.6. The molecule has 0 saturated carbocycles. The Hall–Kier alpha value is -5.86. The van der Waals surface area contributed by atoms with E-state index in [1.54, 1.807) is 0 Å². The molecule has 0 saturated heterocycles. The average Bonchev–Trinajstić information content (AvgIpc) is 3.25. The van der Waals surface area contributed by atoms with E-state index in [-0.39, 0.29) is 13.1 Å². The number of ether oxygens (including phenoxy) is 8. The summed E-state index contributed by atoms with van der Waals surface area (Å²) in [5.41, 5.74) is -3.26. The van der Waals surface area contributed by atoms with Crippen LogP contribution in [0, 0.1) is 10.8 Å².